The van der Waals surface area contributed by atoms with Gasteiger partial charge in [0.15, 0.2) is 17.3 Å². The molecule has 4 atom stereocenters. The minimum atomic E-state index is -2.59. The van der Waals surface area contributed by atoms with Crippen molar-refractivity contribution in [3.05, 3.63) is 35.2 Å². The summed E-state index contributed by atoms with van der Waals surface area (Å²) in [6.07, 6.45) is 1.29. The Labute approximate surface area is 154 Å². The van der Waals surface area contributed by atoms with Crippen molar-refractivity contribution in [3.63, 3.8) is 0 Å². The van der Waals surface area contributed by atoms with Crippen molar-refractivity contribution in [1.82, 2.24) is 10.4 Å². The molecule has 2 heterocycles. The molecule has 1 aliphatic carbocycles. The molecule has 27 heavy (non-hydrogen) atoms. The normalized spacial score (nSPS) is 26.6. The fourth-order valence-electron chi connectivity index (χ4n) is 4.03. The number of hydrogen-bond donors (Lipinski definition) is 1. The lowest BCUT2D eigenvalue weighted by Gasteiger charge is -2.40. The number of benzene rings is 1. The maximum absolute atomic E-state index is 12.6. The molecule has 1 aliphatic heterocycles. The second-order valence-electron chi connectivity index (χ2n) is 6.70. The third kappa shape index (κ3) is 3.27. The smallest absolute Gasteiger partial charge is 0.272 e. The summed E-state index contributed by atoms with van der Waals surface area (Å²) in [6.45, 7) is -0.727. The van der Waals surface area contributed by atoms with E-state index < -0.39 is 19.1 Å². The van der Waals surface area contributed by atoms with Gasteiger partial charge in [0.2, 0.25) is 0 Å². The number of rotatable bonds is 5. The van der Waals surface area contributed by atoms with Crippen LogP contribution < -0.4 is 9.47 Å². The minimum absolute atomic E-state index is 0.0626. The SMILES string of the molecule is COc1cc2c(cc1OCC(F)F)C1C(CCC(O)C1c1cnno1)N=C2. The Morgan fingerprint density at radius 2 is 2.11 bits per heavy atom. The van der Waals surface area contributed by atoms with Gasteiger partial charge in [0, 0.05) is 17.4 Å². The second kappa shape index (κ2) is 7.22. The third-order valence-electron chi connectivity index (χ3n) is 5.18. The van der Waals surface area contributed by atoms with Gasteiger partial charge in [-0.25, -0.2) is 8.78 Å². The predicted molar refractivity (Wildman–Crippen MR) is 90.9 cm³/mol. The molecule has 1 N–H and O–H groups in total. The number of aliphatic imine (C=N–C) groups is 1. The Kier molecular flexibility index (Phi) is 4.77. The van der Waals surface area contributed by atoms with Crippen molar-refractivity contribution < 1.29 is 27.9 Å². The van der Waals surface area contributed by atoms with E-state index in [-0.39, 0.29) is 23.6 Å². The zero-order valence-electron chi connectivity index (χ0n) is 14.6. The number of hydrogen-bond acceptors (Lipinski definition) is 7. The summed E-state index contributed by atoms with van der Waals surface area (Å²) >= 11 is 0. The van der Waals surface area contributed by atoms with Crippen LogP contribution in [0.2, 0.25) is 0 Å². The van der Waals surface area contributed by atoms with Crippen molar-refractivity contribution in [1.29, 1.82) is 0 Å². The van der Waals surface area contributed by atoms with Crippen LogP contribution in [0.5, 0.6) is 11.5 Å². The first kappa shape index (κ1) is 17.8. The largest absolute Gasteiger partial charge is 0.493 e. The van der Waals surface area contributed by atoms with Crippen molar-refractivity contribution >= 4 is 6.21 Å². The Bertz CT molecular complexity index is 828. The Morgan fingerprint density at radius 1 is 1.26 bits per heavy atom. The van der Waals surface area contributed by atoms with Crippen LogP contribution in [0.4, 0.5) is 8.78 Å². The molecule has 9 heteroatoms. The lowest BCUT2D eigenvalue weighted by atomic mass is 9.68. The number of fused-ring (bicyclic) bond motifs is 3. The Balaban J connectivity index is 1.78. The van der Waals surface area contributed by atoms with Crippen LogP contribution in [0, 0.1) is 0 Å². The molecule has 144 valence electrons. The van der Waals surface area contributed by atoms with Gasteiger partial charge in [0.05, 0.1) is 31.4 Å². The van der Waals surface area contributed by atoms with Crippen molar-refractivity contribution in [2.75, 3.05) is 13.7 Å². The van der Waals surface area contributed by atoms with Gasteiger partial charge in [-0.15, -0.1) is 5.10 Å². The Hall–Kier alpha value is -2.55. The van der Waals surface area contributed by atoms with Gasteiger partial charge in [-0.2, -0.15) is 0 Å². The van der Waals surface area contributed by atoms with Crippen LogP contribution in [-0.4, -0.2) is 54.0 Å². The van der Waals surface area contributed by atoms with Crippen molar-refractivity contribution in [2.45, 2.75) is 43.2 Å². The van der Waals surface area contributed by atoms with Crippen LogP contribution in [0.3, 0.4) is 0 Å². The number of halogens is 2. The van der Waals surface area contributed by atoms with Gasteiger partial charge < -0.3 is 19.1 Å². The first-order valence-electron chi connectivity index (χ1n) is 8.70. The highest BCUT2D eigenvalue weighted by Crippen LogP contribution is 2.49. The summed E-state index contributed by atoms with van der Waals surface area (Å²) in [5, 5.41) is 17.9. The molecular weight excluding hydrogens is 360 g/mol. The average Bonchev–Trinajstić information content (AvgIpc) is 3.19. The van der Waals surface area contributed by atoms with Gasteiger partial charge in [-0.1, -0.05) is 0 Å². The maximum Gasteiger partial charge on any atom is 0.272 e. The van der Waals surface area contributed by atoms with Crippen molar-refractivity contribution in [2.24, 2.45) is 4.99 Å². The molecular formula is C18H19F2N3O4. The molecule has 0 spiro atoms. The number of nitrogens with zero attached hydrogens (tertiary/aromatic N) is 3. The molecule has 0 bridgehead atoms. The first-order chi connectivity index (χ1) is 13.1. The van der Waals surface area contributed by atoms with Gasteiger partial charge in [-0.05, 0) is 36.1 Å². The summed E-state index contributed by atoms with van der Waals surface area (Å²) in [7, 11) is 1.45. The van der Waals surface area contributed by atoms with Gasteiger partial charge >= 0.3 is 0 Å². The van der Waals surface area contributed by atoms with E-state index in [0.717, 1.165) is 11.1 Å². The lowest BCUT2D eigenvalue weighted by Crippen LogP contribution is -2.39. The Morgan fingerprint density at radius 3 is 2.81 bits per heavy atom. The second-order valence-corrected chi connectivity index (χ2v) is 6.70. The summed E-state index contributed by atoms with van der Waals surface area (Å²) < 4.78 is 41.0. The van der Waals surface area contributed by atoms with E-state index in [2.05, 4.69) is 15.4 Å². The van der Waals surface area contributed by atoms with Gasteiger partial charge in [0.1, 0.15) is 6.61 Å². The molecule has 1 fully saturated rings. The van der Waals surface area contributed by atoms with E-state index in [4.69, 9.17) is 14.0 Å². The summed E-state index contributed by atoms with van der Waals surface area (Å²) in [4.78, 5) is 4.63. The van der Waals surface area contributed by atoms with Gasteiger partial charge in [0.25, 0.3) is 6.43 Å². The molecule has 1 aromatic carbocycles. The number of alkyl halides is 2. The molecule has 4 rings (SSSR count). The molecule has 7 nitrogen and oxygen atoms in total. The highest BCUT2D eigenvalue weighted by Gasteiger charge is 2.45. The third-order valence-corrected chi connectivity index (χ3v) is 5.18. The first-order valence-corrected chi connectivity index (χ1v) is 8.70. The maximum atomic E-state index is 12.6. The zero-order valence-corrected chi connectivity index (χ0v) is 14.6. The van der Waals surface area contributed by atoms with E-state index in [1.54, 1.807) is 18.3 Å². The van der Waals surface area contributed by atoms with Gasteiger partial charge in [-0.3, -0.25) is 4.99 Å². The van der Waals surface area contributed by atoms with E-state index in [0.29, 0.717) is 24.4 Å². The molecule has 1 saturated carbocycles. The average molecular weight is 379 g/mol. The number of aromatic nitrogens is 2. The standard InChI is InChI=1S/C18H19F2N3O4/c1-25-13-4-9-6-21-11-2-3-12(24)18(15-7-22-23-27-15)17(11)10(9)5-14(13)26-8-16(19)20/h4-7,11-12,16-18,24H,2-3,8H2,1H3. The lowest BCUT2D eigenvalue weighted by molar-refractivity contribution is 0.0717. The topological polar surface area (TPSA) is 90.0 Å². The predicted octanol–water partition coefficient (Wildman–Crippen LogP) is 2.55. The number of aliphatic hydroxyl groups excluding tert-OH is 1. The number of aliphatic hydroxyl groups is 1. The number of ether oxygens (including phenoxy) is 2. The van der Waals surface area contributed by atoms with Crippen molar-refractivity contribution in [3.8, 4) is 11.5 Å². The molecule has 0 saturated heterocycles. The van der Waals surface area contributed by atoms with Crippen LogP contribution in [-0.2, 0) is 0 Å². The highest BCUT2D eigenvalue weighted by molar-refractivity contribution is 5.85. The fraction of sp³-hybridized carbons (Fsp3) is 0.500. The molecule has 0 amide bonds. The monoisotopic (exact) mass is 379 g/mol. The van der Waals surface area contributed by atoms with Crippen LogP contribution in [0.15, 0.2) is 27.8 Å². The van der Waals surface area contributed by atoms with Crippen LogP contribution in [0.25, 0.3) is 0 Å². The molecule has 2 aromatic rings. The number of methoxy groups -OCH3 is 1. The fourth-order valence-corrected chi connectivity index (χ4v) is 4.03. The molecule has 4 unspecified atom stereocenters. The van der Waals surface area contributed by atoms with Crippen LogP contribution >= 0.6 is 0 Å². The zero-order chi connectivity index (χ0) is 19.0. The van der Waals surface area contributed by atoms with E-state index in [9.17, 15) is 13.9 Å². The van der Waals surface area contributed by atoms with Crippen LogP contribution in [0.1, 0.15) is 41.6 Å². The molecule has 2 aliphatic rings. The summed E-state index contributed by atoms with van der Waals surface area (Å²) in [5.41, 5.74) is 1.64. The summed E-state index contributed by atoms with van der Waals surface area (Å²) in [6, 6.07) is 3.35. The van der Waals surface area contributed by atoms with E-state index >= 15 is 0 Å². The molecule has 0 radical (unpaired) electrons. The van der Waals surface area contributed by atoms with E-state index in [1.807, 2.05) is 0 Å². The summed E-state index contributed by atoms with van der Waals surface area (Å²) in [5.74, 6) is 0.481. The van der Waals surface area contributed by atoms with E-state index in [1.165, 1.54) is 13.3 Å². The highest BCUT2D eigenvalue weighted by atomic mass is 19.3. The minimum Gasteiger partial charge on any atom is -0.493 e. The molecule has 1 aromatic heterocycles. The quantitative estimate of drug-likeness (QED) is 0.859.